The minimum Gasteiger partial charge on any atom is -0.624 e. The standard InChI is InChI=1S/C17H17NO/c1-13-17(15-10-6-3-7-11-15)16(12-18(13)19)14-8-4-2-5-9-14/h2-11,16-17H,12H2,1H3. The van der Waals surface area contributed by atoms with Gasteiger partial charge in [-0.3, -0.25) is 0 Å². The lowest BCUT2D eigenvalue weighted by Gasteiger charge is -2.17. The van der Waals surface area contributed by atoms with E-state index >= 15 is 0 Å². The van der Waals surface area contributed by atoms with Gasteiger partial charge in [-0.1, -0.05) is 60.7 Å². The van der Waals surface area contributed by atoms with Crippen LogP contribution in [0, 0.1) is 5.21 Å². The van der Waals surface area contributed by atoms with Crippen molar-refractivity contribution in [3.8, 4) is 0 Å². The predicted molar refractivity (Wildman–Crippen MR) is 77.5 cm³/mol. The van der Waals surface area contributed by atoms with Crippen LogP contribution >= 0.6 is 0 Å². The molecule has 1 heterocycles. The Hall–Kier alpha value is -2.09. The summed E-state index contributed by atoms with van der Waals surface area (Å²) in [5, 5.41) is 12.0. The normalized spacial score (nSPS) is 22.8. The number of hydroxylamine groups is 1. The van der Waals surface area contributed by atoms with Crippen molar-refractivity contribution in [3.63, 3.8) is 0 Å². The number of hydrogen-bond donors (Lipinski definition) is 0. The highest BCUT2D eigenvalue weighted by Crippen LogP contribution is 2.38. The van der Waals surface area contributed by atoms with Crippen molar-refractivity contribution in [2.75, 3.05) is 6.54 Å². The second-order valence-corrected chi connectivity index (χ2v) is 5.11. The lowest BCUT2D eigenvalue weighted by atomic mass is 9.81. The van der Waals surface area contributed by atoms with Crippen molar-refractivity contribution < 1.29 is 4.74 Å². The average molecular weight is 251 g/mol. The largest absolute Gasteiger partial charge is 0.624 e. The maximum Gasteiger partial charge on any atom is 0.168 e. The van der Waals surface area contributed by atoms with E-state index in [1.54, 1.807) is 0 Å². The van der Waals surface area contributed by atoms with Crippen molar-refractivity contribution in [3.05, 3.63) is 77.0 Å². The molecule has 2 unspecified atom stereocenters. The summed E-state index contributed by atoms with van der Waals surface area (Å²) < 4.78 is 1.15. The Morgan fingerprint density at radius 3 is 2.00 bits per heavy atom. The highest BCUT2D eigenvalue weighted by molar-refractivity contribution is 5.87. The van der Waals surface area contributed by atoms with Crippen LogP contribution in [-0.4, -0.2) is 17.0 Å². The Kier molecular flexibility index (Phi) is 3.08. The molecule has 2 atom stereocenters. The van der Waals surface area contributed by atoms with Gasteiger partial charge in [-0.15, -0.1) is 0 Å². The molecule has 0 fully saturated rings. The molecule has 0 spiro atoms. The van der Waals surface area contributed by atoms with Gasteiger partial charge in [0.05, 0.1) is 11.8 Å². The molecule has 2 nitrogen and oxygen atoms in total. The molecular weight excluding hydrogens is 234 g/mol. The number of rotatable bonds is 2. The first-order valence-corrected chi connectivity index (χ1v) is 6.65. The first-order chi connectivity index (χ1) is 9.27. The SMILES string of the molecule is CC1=[N+]([O-])CC(c2ccccc2)C1c1ccccc1. The Morgan fingerprint density at radius 1 is 0.895 bits per heavy atom. The van der Waals surface area contributed by atoms with Crippen LogP contribution in [0.2, 0.25) is 0 Å². The fourth-order valence-electron chi connectivity index (χ4n) is 3.01. The van der Waals surface area contributed by atoms with E-state index in [0.29, 0.717) is 6.54 Å². The molecular formula is C17H17NO. The van der Waals surface area contributed by atoms with Gasteiger partial charge < -0.3 is 5.21 Å². The second-order valence-electron chi connectivity index (χ2n) is 5.11. The predicted octanol–water partition coefficient (Wildman–Crippen LogP) is 3.54. The molecule has 0 saturated carbocycles. The molecule has 2 aromatic rings. The fourth-order valence-corrected chi connectivity index (χ4v) is 3.01. The van der Waals surface area contributed by atoms with Gasteiger partial charge in [0.15, 0.2) is 12.3 Å². The minimum atomic E-state index is 0.195. The first-order valence-electron chi connectivity index (χ1n) is 6.65. The summed E-state index contributed by atoms with van der Waals surface area (Å²) in [7, 11) is 0. The molecule has 1 aliphatic heterocycles. The van der Waals surface area contributed by atoms with E-state index < -0.39 is 0 Å². The minimum absolute atomic E-state index is 0.195. The molecule has 0 bridgehead atoms. The van der Waals surface area contributed by atoms with Crippen molar-refractivity contribution in [2.45, 2.75) is 18.8 Å². The van der Waals surface area contributed by atoms with E-state index in [9.17, 15) is 5.21 Å². The van der Waals surface area contributed by atoms with Crippen LogP contribution in [-0.2, 0) is 0 Å². The molecule has 0 amide bonds. The molecule has 2 aromatic carbocycles. The zero-order valence-electron chi connectivity index (χ0n) is 11.0. The lowest BCUT2D eigenvalue weighted by molar-refractivity contribution is -0.451. The van der Waals surface area contributed by atoms with Gasteiger partial charge in [-0.05, 0) is 11.1 Å². The van der Waals surface area contributed by atoms with Gasteiger partial charge in [0.2, 0.25) is 0 Å². The maximum atomic E-state index is 12.0. The summed E-state index contributed by atoms with van der Waals surface area (Å²) in [4.78, 5) is 0. The van der Waals surface area contributed by atoms with Crippen LogP contribution in [0.15, 0.2) is 60.7 Å². The van der Waals surface area contributed by atoms with Gasteiger partial charge in [0, 0.05) is 6.92 Å². The van der Waals surface area contributed by atoms with E-state index in [0.717, 1.165) is 10.5 Å². The van der Waals surface area contributed by atoms with E-state index in [2.05, 4.69) is 24.3 Å². The van der Waals surface area contributed by atoms with Crippen molar-refractivity contribution >= 4 is 5.71 Å². The highest BCUT2D eigenvalue weighted by atomic mass is 16.5. The fraction of sp³-hybridized carbons (Fsp3) is 0.235. The lowest BCUT2D eigenvalue weighted by Crippen LogP contribution is -2.13. The summed E-state index contributed by atoms with van der Waals surface area (Å²) in [6, 6.07) is 20.7. The van der Waals surface area contributed by atoms with Crippen LogP contribution in [0.1, 0.15) is 29.9 Å². The Bertz CT molecular complexity index is 589. The third-order valence-corrected chi connectivity index (χ3v) is 3.99. The highest BCUT2D eigenvalue weighted by Gasteiger charge is 2.38. The first kappa shape index (κ1) is 12.0. The topological polar surface area (TPSA) is 26.1 Å². The summed E-state index contributed by atoms with van der Waals surface area (Å²) in [5.41, 5.74) is 3.39. The molecule has 96 valence electrons. The number of benzene rings is 2. The molecule has 0 aliphatic carbocycles. The zero-order valence-corrected chi connectivity index (χ0v) is 11.0. The zero-order chi connectivity index (χ0) is 13.2. The Balaban J connectivity index is 2.03. The maximum absolute atomic E-state index is 12.0. The monoisotopic (exact) mass is 251 g/mol. The smallest absolute Gasteiger partial charge is 0.168 e. The molecule has 19 heavy (non-hydrogen) atoms. The van der Waals surface area contributed by atoms with E-state index in [-0.39, 0.29) is 11.8 Å². The molecule has 0 radical (unpaired) electrons. The van der Waals surface area contributed by atoms with Gasteiger partial charge in [-0.2, -0.15) is 0 Å². The second kappa shape index (κ2) is 4.88. The van der Waals surface area contributed by atoms with Crippen LogP contribution in [0.25, 0.3) is 0 Å². The summed E-state index contributed by atoms with van der Waals surface area (Å²) in [6.07, 6.45) is 0. The van der Waals surface area contributed by atoms with Crippen LogP contribution in [0.5, 0.6) is 0 Å². The van der Waals surface area contributed by atoms with Crippen LogP contribution < -0.4 is 0 Å². The van der Waals surface area contributed by atoms with Crippen molar-refractivity contribution in [1.29, 1.82) is 0 Å². The van der Waals surface area contributed by atoms with Gasteiger partial charge >= 0.3 is 0 Å². The number of nitrogens with zero attached hydrogens (tertiary/aromatic N) is 1. The van der Waals surface area contributed by atoms with Crippen molar-refractivity contribution in [2.24, 2.45) is 0 Å². The van der Waals surface area contributed by atoms with E-state index in [1.165, 1.54) is 11.1 Å². The molecule has 0 aromatic heterocycles. The Morgan fingerprint density at radius 2 is 1.42 bits per heavy atom. The quantitative estimate of drug-likeness (QED) is 0.592. The average Bonchev–Trinajstić information content (AvgIpc) is 2.77. The summed E-state index contributed by atoms with van der Waals surface area (Å²) in [6.45, 7) is 2.50. The molecule has 0 N–H and O–H groups in total. The molecule has 2 heteroatoms. The van der Waals surface area contributed by atoms with Gasteiger partial charge in [-0.25, -0.2) is 4.74 Å². The van der Waals surface area contributed by atoms with E-state index in [4.69, 9.17) is 0 Å². The van der Waals surface area contributed by atoms with Crippen LogP contribution in [0.4, 0.5) is 0 Å². The molecule has 1 aliphatic rings. The van der Waals surface area contributed by atoms with Crippen LogP contribution in [0.3, 0.4) is 0 Å². The molecule has 0 saturated heterocycles. The Labute approximate surface area is 113 Å². The van der Waals surface area contributed by atoms with Crippen molar-refractivity contribution in [1.82, 2.24) is 0 Å². The summed E-state index contributed by atoms with van der Waals surface area (Å²) in [5.74, 6) is 0.446. The molecule has 3 rings (SSSR count). The summed E-state index contributed by atoms with van der Waals surface area (Å²) >= 11 is 0. The number of hydrogen-bond acceptors (Lipinski definition) is 1. The van der Waals surface area contributed by atoms with Gasteiger partial charge in [0.25, 0.3) is 0 Å². The van der Waals surface area contributed by atoms with Gasteiger partial charge in [0.1, 0.15) is 0 Å². The van der Waals surface area contributed by atoms with E-state index in [1.807, 2.05) is 43.3 Å². The third-order valence-electron chi connectivity index (χ3n) is 3.99. The third kappa shape index (κ3) is 2.14.